The first kappa shape index (κ1) is 12.1. The van der Waals surface area contributed by atoms with Gasteiger partial charge in [-0.25, -0.2) is 9.59 Å². The number of hydrogen-bond acceptors (Lipinski definition) is 4. The average molecular weight is 256 g/mol. The Bertz CT molecular complexity index is 440. The Morgan fingerprint density at radius 2 is 2.11 bits per heavy atom. The standard InChI is InChI=1S/C9H12N4O5/c1-12-7(16)11-6(15)9(12)2-4(5(10)14)13(3-9)8(17)18/h4H,2-3H2,1H3,(H2,10,14)(H,17,18)(H,11,15,16)/t4-,9?/m0/s1. The molecule has 5 amide bonds. The molecule has 98 valence electrons. The summed E-state index contributed by atoms with van der Waals surface area (Å²) in [6, 6.07) is -1.72. The molecule has 0 bridgehead atoms. The molecule has 2 atom stereocenters. The van der Waals surface area contributed by atoms with Gasteiger partial charge in [-0.15, -0.1) is 0 Å². The maximum atomic E-state index is 11.8. The van der Waals surface area contributed by atoms with Crippen molar-refractivity contribution in [1.29, 1.82) is 0 Å². The Morgan fingerprint density at radius 1 is 1.50 bits per heavy atom. The van der Waals surface area contributed by atoms with Gasteiger partial charge in [-0.1, -0.05) is 0 Å². The van der Waals surface area contributed by atoms with Crippen molar-refractivity contribution in [2.45, 2.75) is 18.0 Å². The van der Waals surface area contributed by atoms with Crippen molar-refractivity contribution >= 4 is 23.9 Å². The predicted octanol–water partition coefficient (Wildman–Crippen LogP) is -1.86. The minimum Gasteiger partial charge on any atom is -0.465 e. The van der Waals surface area contributed by atoms with Crippen molar-refractivity contribution < 1.29 is 24.3 Å². The number of imide groups is 1. The van der Waals surface area contributed by atoms with Crippen LogP contribution in [-0.2, 0) is 9.59 Å². The lowest BCUT2D eigenvalue weighted by atomic mass is 9.94. The highest BCUT2D eigenvalue weighted by Crippen LogP contribution is 2.35. The number of primary amides is 1. The number of amides is 5. The van der Waals surface area contributed by atoms with Crippen LogP contribution in [0.5, 0.6) is 0 Å². The summed E-state index contributed by atoms with van der Waals surface area (Å²) in [6.07, 6.45) is -1.47. The first-order valence-corrected chi connectivity index (χ1v) is 5.18. The maximum absolute atomic E-state index is 11.8. The van der Waals surface area contributed by atoms with Gasteiger partial charge in [0, 0.05) is 13.5 Å². The van der Waals surface area contributed by atoms with Gasteiger partial charge in [0.05, 0.1) is 6.54 Å². The molecule has 18 heavy (non-hydrogen) atoms. The molecule has 0 aromatic heterocycles. The van der Waals surface area contributed by atoms with E-state index in [-0.39, 0.29) is 13.0 Å². The minimum absolute atomic E-state index is 0.122. The predicted molar refractivity (Wildman–Crippen MR) is 56.4 cm³/mol. The number of rotatable bonds is 1. The van der Waals surface area contributed by atoms with Gasteiger partial charge in [-0.3, -0.25) is 19.8 Å². The quantitative estimate of drug-likeness (QED) is 0.473. The Morgan fingerprint density at radius 3 is 2.44 bits per heavy atom. The topological polar surface area (TPSA) is 133 Å². The molecule has 4 N–H and O–H groups in total. The van der Waals surface area contributed by atoms with Crippen LogP contribution in [0.3, 0.4) is 0 Å². The monoisotopic (exact) mass is 256 g/mol. The number of carboxylic acid groups (broad SMARTS) is 1. The van der Waals surface area contributed by atoms with Gasteiger partial charge in [0.15, 0.2) is 0 Å². The Kier molecular flexibility index (Phi) is 2.42. The molecule has 0 aromatic rings. The Balaban J connectivity index is 2.38. The summed E-state index contributed by atoms with van der Waals surface area (Å²) in [4.78, 5) is 47.4. The lowest BCUT2D eigenvalue weighted by Gasteiger charge is -2.27. The molecule has 2 heterocycles. The largest absolute Gasteiger partial charge is 0.465 e. The van der Waals surface area contributed by atoms with Crippen molar-refractivity contribution in [2.75, 3.05) is 13.6 Å². The normalized spacial score (nSPS) is 31.1. The maximum Gasteiger partial charge on any atom is 0.408 e. The number of nitrogens with zero attached hydrogens (tertiary/aromatic N) is 2. The molecule has 1 spiro atoms. The molecular weight excluding hydrogens is 244 g/mol. The zero-order valence-corrected chi connectivity index (χ0v) is 9.54. The summed E-state index contributed by atoms with van der Waals surface area (Å²) in [7, 11) is 1.38. The molecule has 1 unspecified atom stereocenters. The number of carbonyl (C=O) groups excluding carboxylic acids is 3. The van der Waals surface area contributed by atoms with Gasteiger partial charge in [0.1, 0.15) is 11.6 Å². The van der Waals surface area contributed by atoms with E-state index in [1.165, 1.54) is 7.05 Å². The van der Waals surface area contributed by atoms with Crippen molar-refractivity contribution in [3.8, 4) is 0 Å². The van der Waals surface area contributed by atoms with E-state index in [1.807, 2.05) is 0 Å². The molecule has 0 saturated carbocycles. The molecule has 0 radical (unpaired) electrons. The first-order chi connectivity index (χ1) is 8.29. The highest BCUT2D eigenvalue weighted by molar-refractivity contribution is 6.08. The second-order valence-corrected chi connectivity index (χ2v) is 4.38. The number of hydrogen-bond donors (Lipinski definition) is 3. The molecule has 2 rings (SSSR count). The second kappa shape index (κ2) is 3.59. The summed E-state index contributed by atoms with van der Waals surface area (Å²) >= 11 is 0. The summed E-state index contributed by atoms with van der Waals surface area (Å²) in [5.41, 5.74) is 3.79. The molecule has 2 fully saturated rings. The number of nitrogens with two attached hydrogens (primary N) is 1. The highest BCUT2D eigenvalue weighted by Gasteiger charge is 2.60. The molecule has 2 aliphatic rings. The fourth-order valence-electron chi connectivity index (χ4n) is 2.39. The van der Waals surface area contributed by atoms with E-state index in [1.54, 1.807) is 0 Å². The van der Waals surface area contributed by atoms with E-state index >= 15 is 0 Å². The van der Waals surface area contributed by atoms with Crippen LogP contribution in [0.4, 0.5) is 9.59 Å². The fraction of sp³-hybridized carbons (Fsp3) is 0.556. The van der Waals surface area contributed by atoms with Crippen LogP contribution in [0.1, 0.15) is 6.42 Å². The van der Waals surface area contributed by atoms with E-state index in [2.05, 4.69) is 5.32 Å². The molecule has 2 aliphatic heterocycles. The lowest BCUT2D eigenvalue weighted by Crippen LogP contribution is -2.50. The van der Waals surface area contributed by atoms with Crippen LogP contribution in [0, 0.1) is 0 Å². The van der Waals surface area contributed by atoms with Crippen molar-refractivity contribution in [3.05, 3.63) is 0 Å². The van der Waals surface area contributed by atoms with E-state index in [0.29, 0.717) is 0 Å². The smallest absolute Gasteiger partial charge is 0.408 e. The number of carbonyl (C=O) groups is 4. The number of urea groups is 1. The number of nitrogens with one attached hydrogen (secondary N) is 1. The summed E-state index contributed by atoms with van der Waals surface area (Å²) < 4.78 is 0. The lowest BCUT2D eigenvalue weighted by molar-refractivity contribution is -0.125. The zero-order valence-electron chi connectivity index (χ0n) is 9.54. The second-order valence-electron chi connectivity index (χ2n) is 4.38. The van der Waals surface area contributed by atoms with Gasteiger partial charge in [-0.2, -0.15) is 0 Å². The minimum atomic E-state index is -1.35. The van der Waals surface area contributed by atoms with Crippen molar-refractivity contribution in [2.24, 2.45) is 5.73 Å². The van der Waals surface area contributed by atoms with Crippen LogP contribution in [0.15, 0.2) is 0 Å². The molecule has 9 heteroatoms. The van der Waals surface area contributed by atoms with E-state index in [0.717, 1.165) is 9.80 Å². The zero-order chi connectivity index (χ0) is 13.7. The number of likely N-dealkylation sites (tertiary alicyclic amines) is 1. The summed E-state index contributed by atoms with van der Waals surface area (Å²) in [5.74, 6) is -1.44. The van der Waals surface area contributed by atoms with Gasteiger partial charge in [0.25, 0.3) is 5.91 Å². The Labute approximate surface area is 101 Å². The van der Waals surface area contributed by atoms with Crippen LogP contribution in [0.25, 0.3) is 0 Å². The fourth-order valence-corrected chi connectivity index (χ4v) is 2.39. The SMILES string of the molecule is CN1C(=O)NC(=O)C12C[C@@H](C(N)=O)N(C(=O)O)C2. The number of likely N-dealkylation sites (N-methyl/N-ethyl adjacent to an activating group) is 1. The summed E-state index contributed by atoms with van der Waals surface area (Å²) in [6.45, 7) is -0.260. The van der Waals surface area contributed by atoms with Crippen molar-refractivity contribution in [1.82, 2.24) is 15.1 Å². The van der Waals surface area contributed by atoms with E-state index in [9.17, 15) is 19.2 Å². The van der Waals surface area contributed by atoms with Crippen LogP contribution >= 0.6 is 0 Å². The third kappa shape index (κ3) is 1.40. The molecule has 0 aromatic carbocycles. The van der Waals surface area contributed by atoms with Crippen LogP contribution in [-0.4, -0.2) is 64.0 Å². The molecule has 9 nitrogen and oxygen atoms in total. The van der Waals surface area contributed by atoms with Crippen LogP contribution < -0.4 is 11.1 Å². The molecular formula is C9H12N4O5. The van der Waals surface area contributed by atoms with E-state index in [4.69, 9.17) is 10.8 Å². The third-order valence-corrected chi connectivity index (χ3v) is 3.50. The van der Waals surface area contributed by atoms with Gasteiger partial charge in [0.2, 0.25) is 5.91 Å². The van der Waals surface area contributed by atoms with Gasteiger partial charge >= 0.3 is 12.1 Å². The summed E-state index contributed by atoms with van der Waals surface area (Å²) in [5, 5.41) is 11.1. The highest BCUT2D eigenvalue weighted by atomic mass is 16.4. The first-order valence-electron chi connectivity index (χ1n) is 5.18. The van der Waals surface area contributed by atoms with Crippen molar-refractivity contribution in [3.63, 3.8) is 0 Å². The van der Waals surface area contributed by atoms with Crippen LogP contribution in [0.2, 0.25) is 0 Å². The third-order valence-electron chi connectivity index (χ3n) is 3.50. The van der Waals surface area contributed by atoms with Gasteiger partial charge < -0.3 is 15.7 Å². The molecule has 0 aliphatic carbocycles. The van der Waals surface area contributed by atoms with E-state index < -0.39 is 35.5 Å². The molecule has 2 saturated heterocycles. The van der Waals surface area contributed by atoms with Gasteiger partial charge in [-0.05, 0) is 0 Å². The Hall–Kier alpha value is -2.32. The average Bonchev–Trinajstić information content (AvgIpc) is 2.77.